The fourth-order valence-corrected chi connectivity index (χ4v) is 6.40. The van der Waals surface area contributed by atoms with Gasteiger partial charge in [0.05, 0.1) is 0 Å². The van der Waals surface area contributed by atoms with E-state index in [1.807, 2.05) is 0 Å². The lowest BCUT2D eigenvalue weighted by Gasteiger charge is -2.10. The molecule has 0 aliphatic heterocycles. The molecule has 9 heteroatoms. The minimum absolute atomic E-state index is 0.546. The van der Waals surface area contributed by atoms with E-state index in [-0.39, 0.29) is 0 Å². The van der Waals surface area contributed by atoms with Gasteiger partial charge in [0, 0.05) is 0 Å². The van der Waals surface area contributed by atoms with E-state index in [0.29, 0.717) is 11.4 Å². The maximum atomic E-state index is 11.0. The van der Waals surface area contributed by atoms with E-state index in [9.17, 15) is 4.57 Å². The molecule has 0 saturated heterocycles. The highest BCUT2D eigenvalue weighted by Gasteiger charge is 2.26. The van der Waals surface area contributed by atoms with Crippen molar-refractivity contribution >= 4 is 74.9 Å². The SMILES string of the molecule is O=P(Cl)(OC(Cl)Cl)SC(Cl)Cl. The quantitative estimate of drug-likeness (QED) is 0.560. The fraction of sp³-hybridized carbons (Fsp3) is 1.00. The summed E-state index contributed by atoms with van der Waals surface area (Å²) in [6.45, 7) is 0. The first kappa shape index (κ1) is 13.0. The molecule has 68 valence electrons. The topological polar surface area (TPSA) is 26.3 Å². The summed E-state index contributed by atoms with van der Waals surface area (Å²) in [7, 11) is 0. The first-order valence-electron chi connectivity index (χ1n) is 2.06. The molecule has 0 aliphatic carbocycles. The Kier molecular flexibility index (Phi) is 6.69. The predicted octanol–water partition coefficient (Wildman–Crippen LogP) is 4.61. The average molecular weight is 298 g/mol. The minimum atomic E-state index is -3.44. The van der Waals surface area contributed by atoms with Crippen LogP contribution in [0.25, 0.3) is 0 Å². The third kappa shape index (κ3) is 8.32. The number of halogens is 5. The van der Waals surface area contributed by atoms with Crippen LogP contribution in [-0.4, -0.2) is 9.19 Å². The van der Waals surface area contributed by atoms with E-state index >= 15 is 0 Å². The normalized spacial score (nSPS) is 17.4. The number of alkyl halides is 4. The first-order chi connectivity index (χ1) is 4.83. The van der Waals surface area contributed by atoms with Crippen molar-refractivity contribution in [3.63, 3.8) is 0 Å². The summed E-state index contributed by atoms with van der Waals surface area (Å²) < 4.78 is 14.5. The van der Waals surface area contributed by atoms with Crippen molar-refractivity contribution in [2.24, 2.45) is 0 Å². The van der Waals surface area contributed by atoms with E-state index in [4.69, 9.17) is 57.6 Å². The Morgan fingerprint density at radius 1 is 1.27 bits per heavy atom. The molecule has 2 nitrogen and oxygen atoms in total. The largest absolute Gasteiger partial charge is 0.351 e. The summed E-state index contributed by atoms with van der Waals surface area (Å²) in [5, 5.41) is -1.25. The lowest BCUT2D eigenvalue weighted by atomic mass is 11.7. The van der Waals surface area contributed by atoms with Gasteiger partial charge in [-0.15, -0.1) is 0 Å². The van der Waals surface area contributed by atoms with Gasteiger partial charge >= 0.3 is 5.92 Å². The summed E-state index contributed by atoms with van der Waals surface area (Å²) in [4.78, 5) is 0. The number of hydrogen-bond acceptors (Lipinski definition) is 3. The van der Waals surface area contributed by atoms with Crippen LogP contribution in [0.1, 0.15) is 0 Å². The third-order valence-corrected chi connectivity index (χ3v) is 5.59. The van der Waals surface area contributed by atoms with Crippen LogP contribution in [0.5, 0.6) is 0 Å². The van der Waals surface area contributed by atoms with Gasteiger partial charge in [-0.05, 0) is 22.6 Å². The predicted molar refractivity (Wildman–Crippen MR) is 53.1 cm³/mol. The summed E-state index contributed by atoms with van der Waals surface area (Å²) in [5.41, 5.74) is 0. The monoisotopic (exact) mass is 296 g/mol. The molecule has 0 radical (unpaired) electrons. The Labute approximate surface area is 92.8 Å². The molecular weight excluding hydrogens is 296 g/mol. The van der Waals surface area contributed by atoms with E-state index in [2.05, 4.69) is 4.52 Å². The average Bonchev–Trinajstić information content (AvgIpc) is 1.53. The maximum absolute atomic E-state index is 11.0. The lowest BCUT2D eigenvalue weighted by Crippen LogP contribution is -1.89. The number of hydrogen-bond donors (Lipinski definition) is 0. The van der Waals surface area contributed by atoms with Crippen LogP contribution in [0.2, 0.25) is 0 Å². The third-order valence-electron chi connectivity index (χ3n) is 0.411. The minimum Gasteiger partial charge on any atom is -0.275 e. The van der Waals surface area contributed by atoms with Gasteiger partial charge in [0.2, 0.25) is 5.02 Å². The van der Waals surface area contributed by atoms with Crippen LogP contribution >= 0.6 is 74.9 Å². The van der Waals surface area contributed by atoms with Gasteiger partial charge in [0.15, 0.2) is 4.17 Å². The van der Waals surface area contributed by atoms with Crippen molar-refractivity contribution in [1.82, 2.24) is 0 Å². The molecule has 1 unspecified atom stereocenters. The molecule has 0 aromatic rings. The zero-order valence-electron chi connectivity index (χ0n) is 4.72. The highest BCUT2D eigenvalue weighted by molar-refractivity contribution is 8.64. The number of rotatable bonds is 4. The molecular formula is C2H2Cl5O2PS. The Hall–Kier alpha value is 1.99. The van der Waals surface area contributed by atoms with Crippen molar-refractivity contribution < 1.29 is 9.09 Å². The second-order valence-corrected chi connectivity index (χ2v) is 9.56. The lowest BCUT2D eigenvalue weighted by molar-refractivity contribution is 0.370. The van der Waals surface area contributed by atoms with Crippen molar-refractivity contribution in [3.05, 3.63) is 0 Å². The molecule has 0 amide bonds. The standard InChI is InChI=1S/C2H2Cl5O2PS/c3-1(4)9-10(7,8)11-2(5)6/h1-2H. The summed E-state index contributed by atoms with van der Waals surface area (Å²) in [5.74, 6) is -3.44. The van der Waals surface area contributed by atoms with Gasteiger partial charge in [0.25, 0.3) is 0 Å². The van der Waals surface area contributed by atoms with Crippen LogP contribution in [0.15, 0.2) is 0 Å². The first-order valence-corrected chi connectivity index (χ1v) is 7.82. The van der Waals surface area contributed by atoms with Gasteiger partial charge in [-0.2, -0.15) is 0 Å². The second kappa shape index (κ2) is 5.66. The van der Waals surface area contributed by atoms with Crippen LogP contribution in [0.4, 0.5) is 0 Å². The van der Waals surface area contributed by atoms with E-state index in [0.717, 1.165) is 0 Å². The summed E-state index contributed by atoms with van der Waals surface area (Å²) >= 11 is 26.6. The van der Waals surface area contributed by atoms with Gasteiger partial charge in [0.1, 0.15) is 0 Å². The molecule has 0 aromatic carbocycles. The van der Waals surface area contributed by atoms with Crippen molar-refractivity contribution in [2.75, 3.05) is 0 Å². The van der Waals surface area contributed by atoms with Crippen molar-refractivity contribution in [3.8, 4) is 0 Å². The van der Waals surface area contributed by atoms with Gasteiger partial charge in [-0.3, -0.25) is 9.09 Å². The molecule has 0 rings (SSSR count). The second-order valence-electron chi connectivity index (χ2n) is 1.16. The molecule has 0 fully saturated rings. The molecule has 0 aromatic heterocycles. The van der Waals surface area contributed by atoms with Crippen molar-refractivity contribution in [2.45, 2.75) is 9.19 Å². The summed E-state index contributed by atoms with van der Waals surface area (Å²) in [6.07, 6.45) is 0. The van der Waals surface area contributed by atoms with Gasteiger partial charge < -0.3 is 0 Å². The Bertz CT molecular complexity index is 149. The van der Waals surface area contributed by atoms with E-state index < -0.39 is 15.1 Å². The molecule has 11 heavy (non-hydrogen) atoms. The zero-order valence-corrected chi connectivity index (χ0v) is 10.2. The Morgan fingerprint density at radius 2 is 1.73 bits per heavy atom. The van der Waals surface area contributed by atoms with Crippen LogP contribution < -0.4 is 0 Å². The highest BCUT2D eigenvalue weighted by atomic mass is 35.7. The van der Waals surface area contributed by atoms with Crippen LogP contribution in [0.3, 0.4) is 0 Å². The van der Waals surface area contributed by atoms with Crippen LogP contribution in [-0.2, 0) is 9.09 Å². The highest BCUT2D eigenvalue weighted by Crippen LogP contribution is 2.68. The van der Waals surface area contributed by atoms with Gasteiger partial charge in [-0.1, -0.05) is 46.4 Å². The van der Waals surface area contributed by atoms with Crippen molar-refractivity contribution in [1.29, 1.82) is 0 Å². The molecule has 0 saturated carbocycles. The Balaban J connectivity index is 3.91. The molecule has 0 heterocycles. The van der Waals surface area contributed by atoms with Gasteiger partial charge in [-0.25, -0.2) is 0 Å². The molecule has 0 N–H and O–H groups in total. The molecule has 0 aliphatic rings. The molecule has 0 spiro atoms. The molecule has 1 atom stereocenters. The van der Waals surface area contributed by atoms with Crippen LogP contribution in [0, 0.1) is 0 Å². The Morgan fingerprint density at radius 3 is 2.00 bits per heavy atom. The molecule has 0 bridgehead atoms. The fourth-order valence-electron chi connectivity index (χ4n) is 0.215. The summed E-state index contributed by atoms with van der Waals surface area (Å²) in [6, 6.07) is 0. The smallest absolute Gasteiger partial charge is 0.275 e. The maximum Gasteiger partial charge on any atom is 0.351 e. The zero-order chi connectivity index (χ0) is 9.07. The van der Waals surface area contributed by atoms with E-state index in [1.165, 1.54) is 0 Å². The van der Waals surface area contributed by atoms with E-state index in [1.54, 1.807) is 0 Å².